The molecular formula is C21H23N5O2. The van der Waals surface area contributed by atoms with E-state index in [0.717, 1.165) is 17.1 Å². The van der Waals surface area contributed by atoms with E-state index in [2.05, 4.69) is 20.5 Å². The average molecular weight is 377 g/mol. The lowest BCUT2D eigenvalue weighted by Crippen LogP contribution is -2.29. The first-order chi connectivity index (χ1) is 13.4. The number of hydrogen-bond acceptors (Lipinski definition) is 5. The zero-order valence-electron chi connectivity index (χ0n) is 16.4. The van der Waals surface area contributed by atoms with Crippen molar-refractivity contribution < 1.29 is 9.59 Å². The Kier molecular flexibility index (Phi) is 5.63. The molecule has 3 rings (SSSR count). The van der Waals surface area contributed by atoms with E-state index in [1.54, 1.807) is 36.8 Å². The topological polar surface area (TPSA) is 89.8 Å². The summed E-state index contributed by atoms with van der Waals surface area (Å²) in [5.74, 6) is 0.514. The molecule has 0 saturated carbocycles. The van der Waals surface area contributed by atoms with E-state index in [0.29, 0.717) is 11.1 Å². The van der Waals surface area contributed by atoms with Gasteiger partial charge >= 0.3 is 0 Å². The molecule has 1 N–H and O–H groups in total. The number of benzene rings is 1. The lowest BCUT2D eigenvalue weighted by Gasteiger charge is -2.17. The van der Waals surface area contributed by atoms with Gasteiger partial charge in [0.15, 0.2) is 11.6 Å². The van der Waals surface area contributed by atoms with Crippen LogP contribution in [0.2, 0.25) is 0 Å². The third-order valence-electron chi connectivity index (χ3n) is 4.50. The second kappa shape index (κ2) is 8.12. The molecule has 3 aromatic rings. The quantitative estimate of drug-likeness (QED) is 0.663. The molecule has 0 aliphatic rings. The largest absolute Gasteiger partial charge is 0.342 e. The van der Waals surface area contributed by atoms with Crippen molar-refractivity contribution in [3.8, 4) is 11.3 Å². The summed E-state index contributed by atoms with van der Waals surface area (Å²) >= 11 is 0. The van der Waals surface area contributed by atoms with Crippen LogP contribution in [0.15, 0.2) is 48.9 Å². The standard InChI is InChI=1S/C21H23N5O2/c1-13(2)26-12-23-25-20(26)14(3)24-21(28)17-7-5-16(6-8-17)19-10-9-18(11-22-19)15(4)27/h5-14H,1-4H3,(H,24,28). The van der Waals surface area contributed by atoms with Crippen LogP contribution in [0.25, 0.3) is 11.3 Å². The molecular weight excluding hydrogens is 354 g/mol. The SMILES string of the molecule is CC(=O)c1ccc(-c2ccc(C(=O)NC(C)c3nncn3C(C)C)cc2)nc1. The Morgan fingerprint density at radius 3 is 2.25 bits per heavy atom. The number of pyridine rings is 1. The Hall–Kier alpha value is -3.35. The molecule has 1 amide bonds. The summed E-state index contributed by atoms with van der Waals surface area (Å²) < 4.78 is 1.93. The number of rotatable bonds is 6. The molecule has 144 valence electrons. The first-order valence-corrected chi connectivity index (χ1v) is 9.14. The first kappa shape index (κ1) is 19.4. The van der Waals surface area contributed by atoms with Gasteiger partial charge in [-0.15, -0.1) is 10.2 Å². The summed E-state index contributed by atoms with van der Waals surface area (Å²) in [5, 5.41) is 11.0. The first-order valence-electron chi connectivity index (χ1n) is 9.14. The number of nitrogens with one attached hydrogen (secondary N) is 1. The fourth-order valence-corrected chi connectivity index (χ4v) is 2.87. The van der Waals surface area contributed by atoms with E-state index in [4.69, 9.17) is 0 Å². The maximum absolute atomic E-state index is 12.6. The Morgan fingerprint density at radius 1 is 1.00 bits per heavy atom. The van der Waals surface area contributed by atoms with Crippen molar-refractivity contribution in [2.75, 3.05) is 0 Å². The third-order valence-corrected chi connectivity index (χ3v) is 4.50. The number of hydrogen-bond donors (Lipinski definition) is 1. The molecule has 0 bridgehead atoms. The number of nitrogens with zero attached hydrogens (tertiary/aromatic N) is 4. The zero-order chi connectivity index (χ0) is 20.3. The molecule has 1 aromatic carbocycles. The summed E-state index contributed by atoms with van der Waals surface area (Å²) in [6, 6.07) is 10.7. The monoisotopic (exact) mass is 377 g/mol. The predicted octanol–water partition coefficient (Wildman–Crippen LogP) is 3.61. The van der Waals surface area contributed by atoms with Crippen LogP contribution in [0.3, 0.4) is 0 Å². The van der Waals surface area contributed by atoms with E-state index in [-0.39, 0.29) is 23.8 Å². The van der Waals surface area contributed by atoms with Crippen LogP contribution in [0, 0.1) is 0 Å². The Labute approximate surface area is 163 Å². The number of carbonyl (C=O) groups is 2. The predicted molar refractivity (Wildman–Crippen MR) is 106 cm³/mol. The number of aromatic nitrogens is 4. The molecule has 0 radical (unpaired) electrons. The zero-order valence-corrected chi connectivity index (χ0v) is 16.4. The number of Topliss-reactive ketones (excluding diaryl/α,β-unsaturated/α-hetero) is 1. The summed E-state index contributed by atoms with van der Waals surface area (Å²) in [6.07, 6.45) is 3.23. The van der Waals surface area contributed by atoms with Gasteiger partial charge in [0.1, 0.15) is 6.33 Å². The molecule has 0 aliphatic carbocycles. The highest BCUT2D eigenvalue weighted by Crippen LogP contribution is 2.19. The molecule has 1 unspecified atom stereocenters. The third kappa shape index (κ3) is 4.14. The average Bonchev–Trinajstić information content (AvgIpc) is 3.18. The van der Waals surface area contributed by atoms with Gasteiger partial charge in [-0.2, -0.15) is 0 Å². The summed E-state index contributed by atoms with van der Waals surface area (Å²) in [6.45, 7) is 7.47. The highest BCUT2D eigenvalue weighted by molar-refractivity contribution is 5.95. The van der Waals surface area contributed by atoms with Gasteiger partial charge in [-0.3, -0.25) is 14.6 Å². The van der Waals surface area contributed by atoms with Crippen LogP contribution in [0.5, 0.6) is 0 Å². The minimum absolute atomic E-state index is 0.0199. The van der Waals surface area contributed by atoms with Gasteiger partial charge in [-0.25, -0.2) is 0 Å². The highest BCUT2D eigenvalue weighted by Gasteiger charge is 2.18. The van der Waals surface area contributed by atoms with Crippen molar-refractivity contribution in [2.24, 2.45) is 0 Å². The molecule has 0 fully saturated rings. The maximum atomic E-state index is 12.6. The highest BCUT2D eigenvalue weighted by atomic mass is 16.1. The van der Waals surface area contributed by atoms with Crippen LogP contribution >= 0.6 is 0 Å². The van der Waals surface area contributed by atoms with Crippen molar-refractivity contribution in [3.05, 3.63) is 65.9 Å². The van der Waals surface area contributed by atoms with Gasteiger partial charge in [0.05, 0.1) is 11.7 Å². The van der Waals surface area contributed by atoms with Gasteiger partial charge in [0.25, 0.3) is 5.91 Å². The summed E-state index contributed by atoms with van der Waals surface area (Å²) in [5.41, 5.74) is 2.74. The number of ketones is 1. The normalized spacial score (nSPS) is 12.0. The van der Waals surface area contributed by atoms with Crippen LogP contribution in [-0.2, 0) is 0 Å². The fraction of sp³-hybridized carbons (Fsp3) is 0.286. The van der Waals surface area contributed by atoms with E-state index in [9.17, 15) is 9.59 Å². The van der Waals surface area contributed by atoms with E-state index < -0.39 is 0 Å². The fourth-order valence-electron chi connectivity index (χ4n) is 2.87. The van der Waals surface area contributed by atoms with Crippen LogP contribution in [0.1, 0.15) is 66.3 Å². The van der Waals surface area contributed by atoms with E-state index >= 15 is 0 Å². The molecule has 0 saturated heterocycles. The Balaban J connectivity index is 1.71. The Bertz CT molecular complexity index is 975. The molecule has 28 heavy (non-hydrogen) atoms. The smallest absolute Gasteiger partial charge is 0.251 e. The van der Waals surface area contributed by atoms with Gasteiger partial charge in [0.2, 0.25) is 0 Å². The van der Waals surface area contributed by atoms with Crippen LogP contribution in [0.4, 0.5) is 0 Å². The summed E-state index contributed by atoms with van der Waals surface area (Å²) in [7, 11) is 0. The molecule has 7 heteroatoms. The van der Waals surface area contributed by atoms with Crippen molar-refractivity contribution in [1.29, 1.82) is 0 Å². The van der Waals surface area contributed by atoms with E-state index in [1.807, 2.05) is 37.5 Å². The molecule has 0 spiro atoms. The van der Waals surface area contributed by atoms with Crippen LogP contribution < -0.4 is 5.32 Å². The number of carbonyl (C=O) groups excluding carboxylic acids is 2. The number of amides is 1. The lowest BCUT2D eigenvalue weighted by molar-refractivity contribution is 0.0936. The van der Waals surface area contributed by atoms with Gasteiger partial charge in [-0.1, -0.05) is 12.1 Å². The van der Waals surface area contributed by atoms with Crippen molar-refractivity contribution >= 4 is 11.7 Å². The minimum Gasteiger partial charge on any atom is -0.342 e. The van der Waals surface area contributed by atoms with Gasteiger partial charge < -0.3 is 9.88 Å². The Morgan fingerprint density at radius 2 is 1.68 bits per heavy atom. The minimum atomic E-state index is -0.266. The van der Waals surface area contributed by atoms with Crippen molar-refractivity contribution in [3.63, 3.8) is 0 Å². The van der Waals surface area contributed by atoms with E-state index in [1.165, 1.54) is 6.92 Å². The molecule has 0 aliphatic heterocycles. The second-order valence-corrected chi connectivity index (χ2v) is 6.95. The molecule has 7 nitrogen and oxygen atoms in total. The lowest BCUT2D eigenvalue weighted by atomic mass is 10.1. The van der Waals surface area contributed by atoms with Crippen molar-refractivity contribution in [1.82, 2.24) is 25.1 Å². The molecule has 2 aromatic heterocycles. The summed E-state index contributed by atoms with van der Waals surface area (Å²) in [4.78, 5) is 28.2. The molecule has 1 atom stereocenters. The van der Waals surface area contributed by atoms with Gasteiger partial charge in [0, 0.05) is 28.9 Å². The van der Waals surface area contributed by atoms with Crippen molar-refractivity contribution in [2.45, 2.75) is 39.8 Å². The second-order valence-electron chi connectivity index (χ2n) is 6.95. The maximum Gasteiger partial charge on any atom is 0.251 e. The molecule has 2 heterocycles. The van der Waals surface area contributed by atoms with Gasteiger partial charge in [-0.05, 0) is 52.0 Å². The van der Waals surface area contributed by atoms with Crippen LogP contribution in [-0.4, -0.2) is 31.4 Å².